The molecule has 0 aliphatic carbocycles. The maximum Gasteiger partial charge on any atom is 0.413 e. The Labute approximate surface area is 170 Å². The van der Waals surface area contributed by atoms with Gasteiger partial charge in [0, 0.05) is 11.6 Å². The Morgan fingerprint density at radius 2 is 1.64 bits per heavy atom. The summed E-state index contributed by atoms with van der Waals surface area (Å²) in [5.41, 5.74) is 0.915. The summed E-state index contributed by atoms with van der Waals surface area (Å²) in [6.45, 7) is 4.38. The largest absolute Gasteiger partial charge is 0.492 e. The zero-order chi connectivity index (χ0) is 19.2. The molecule has 0 unspecified atom stereocenters. The summed E-state index contributed by atoms with van der Waals surface area (Å²) in [6.07, 6.45) is 4.17. The number of hydrogen-bond acceptors (Lipinski definition) is 6. The molecule has 2 heterocycles. The van der Waals surface area contributed by atoms with E-state index in [1.165, 1.54) is 32.4 Å². The Hall–Kier alpha value is -2.44. The summed E-state index contributed by atoms with van der Waals surface area (Å²) in [7, 11) is 0. The van der Waals surface area contributed by atoms with Crippen molar-refractivity contribution in [3.05, 3.63) is 53.6 Å². The highest BCUT2D eigenvalue weighted by Gasteiger charge is 2.19. The standard InChI is InChI=1S/C21H24ClN3O3/c22-17-4-8-20(9-5-17)28-21-23-25(16-27-21)18-6-10-19(11-7-18)26-15-14-24-12-2-1-3-13-24/h4-11H,1-3,12-16H2. The van der Waals surface area contributed by atoms with E-state index >= 15 is 0 Å². The van der Waals surface area contributed by atoms with Gasteiger partial charge in [-0.1, -0.05) is 23.1 Å². The van der Waals surface area contributed by atoms with Crippen LogP contribution in [0.2, 0.25) is 5.02 Å². The van der Waals surface area contributed by atoms with Crippen LogP contribution in [0.4, 0.5) is 5.69 Å². The first-order valence-corrected chi connectivity index (χ1v) is 10.0. The van der Waals surface area contributed by atoms with Crippen molar-refractivity contribution >= 4 is 23.4 Å². The summed E-state index contributed by atoms with van der Waals surface area (Å²) in [5, 5.41) is 6.75. The Balaban J connectivity index is 1.27. The lowest BCUT2D eigenvalue weighted by Gasteiger charge is -2.26. The smallest absolute Gasteiger partial charge is 0.413 e. The molecule has 7 heteroatoms. The topological polar surface area (TPSA) is 46.5 Å². The van der Waals surface area contributed by atoms with E-state index in [1.807, 2.05) is 24.3 Å². The quantitative estimate of drug-likeness (QED) is 0.720. The minimum absolute atomic E-state index is 0.212. The Morgan fingerprint density at radius 3 is 2.39 bits per heavy atom. The van der Waals surface area contributed by atoms with Crippen molar-refractivity contribution in [1.29, 1.82) is 0 Å². The maximum absolute atomic E-state index is 5.88. The lowest BCUT2D eigenvalue weighted by Crippen LogP contribution is -2.33. The van der Waals surface area contributed by atoms with Gasteiger partial charge < -0.3 is 14.2 Å². The van der Waals surface area contributed by atoms with E-state index in [4.69, 9.17) is 25.8 Å². The maximum atomic E-state index is 5.88. The number of ether oxygens (including phenoxy) is 3. The molecule has 2 aromatic carbocycles. The van der Waals surface area contributed by atoms with Gasteiger partial charge in [0.25, 0.3) is 0 Å². The minimum atomic E-state index is 0.212. The molecule has 148 valence electrons. The molecule has 0 aromatic heterocycles. The molecule has 6 nitrogen and oxygen atoms in total. The van der Waals surface area contributed by atoms with Gasteiger partial charge in [0.1, 0.15) is 18.1 Å². The Bertz CT molecular complexity index is 790. The number of benzene rings is 2. The summed E-state index contributed by atoms with van der Waals surface area (Å²) < 4.78 is 17.0. The van der Waals surface area contributed by atoms with Crippen LogP contribution in [0, 0.1) is 0 Å². The first-order chi connectivity index (χ1) is 13.8. The number of rotatable bonds is 6. The first-order valence-electron chi connectivity index (χ1n) is 9.64. The molecule has 0 saturated carbocycles. The van der Waals surface area contributed by atoms with Crippen LogP contribution in [-0.4, -0.2) is 44.0 Å². The molecule has 0 amide bonds. The van der Waals surface area contributed by atoms with Crippen molar-refractivity contribution in [3.63, 3.8) is 0 Å². The molecule has 0 atom stereocenters. The van der Waals surface area contributed by atoms with Gasteiger partial charge in [-0.25, -0.2) is 5.01 Å². The van der Waals surface area contributed by atoms with Gasteiger partial charge in [-0.05, 0) is 74.5 Å². The molecule has 0 radical (unpaired) electrons. The van der Waals surface area contributed by atoms with Crippen molar-refractivity contribution in [3.8, 4) is 11.5 Å². The third-order valence-electron chi connectivity index (χ3n) is 4.79. The molecule has 1 saturated heterocycles. The Kier molecular flexibility index (Phi) is 6.19. The lowest BCUT2D eigenvalue weighted by atomic mass is 10.1. The molecule has 28 heavy (non-hydrogen) atoms. The third-order valence-corrected chi connectivity index (χ3v) is 5.04. The number of likely N-dealkylation sites (tertiary alicyclic amines) is 1. The second-order valence-corrected chi connectivity index (χ2v) is 7.28. The first kappa shape index (κ1) is 18.9. The van der Waals surface area contributed by atoms with Gasteiger partial charge in [0.05, 0.1) is 5.69 Å². The predicted molar refractivity (Wildman–Crippen MR) is 110 cm³/mol. The van der Waals surface area contributed by atoms with Crippen molar-refractivity contribution < 1.29 is 14.2 Å². The van der Waals surface area contributed by atoms with Crippen LogP contribution < -0.4 is 14.5 Å². The van der Waals surface area contributed by atoms with Crippen LogP contribution in [-0.2, 0) is 4.74 Å². The van der Waals surface area contributed by atoms with E-state index in [2.05, 4.69) is 10.0 Å². The average molecular weight is 402 g/mol. The zero-order valence-corrected chi connectivity index (χ0v) is 16.5. The molecule has 0 bridgehead atoms. The number of piperidine rings is 1. The number of halogens is 1. The fourth-order valence-electron chi connectivity index (χ4n) is 3.25. The van der Waals surface area contributed by atoms with Crippen molar-refractivity contribution in [2.24, 2.45) is 5.10 Å². The highest BCUT2D eigenvalue weighted by molar-refractivity contribution is 6.30. The van der Waals surface area contributed by atoms with Crippen molar-refractivity contribution in [1.82, 2.24) is 4.90 Å². The summed E-state index contributed by atoms with van der Waals surface area (Å²) in [5.74, 6) is 1.49. The molecule has 1 fully saturated rings. The van der Waals surface area contributed by atoms with E-state index in [9.17, 15) is 0 Å². The highest BCUT2D eigenvalue weighted by atomic mass is 35.5. The van der Waals surface area contributed by atoms with Crippen LogP contribution in [0.5, 0.6) is 11.5 Å². The number of nitrogens with zero attached hydrogens (tertiary/aromatic N) is 3. The van der Waals surface area contributed by atoms with Crippen LogP contribution in [0.1, 0.15) is 19.3 Å². The van der Waals surface area contributed by atoms with E-state index in [0.717, 1.165) is 18.0 Å². The van der Waals surface area contributed by atoms with Crippen molar-refractivity contribution in [2.75, 3.05) is 38.0 Å². The average Bonchev–Trinajstić information content (AvgIpc) is 3.20. The van der Waals surface area contributed by atoms with Crippen molar-refractivity contribution in [2.45, 2.75) is 19.3 Å². The van der Waals surface area contributed by atoms with Crippen LogP contribution >= 0.6 is 11.6 Å². The van der Waals surface area contributed by atoms with Gasteiger partial charge in [-0.15, -0.1) is 0 Å². The second kappa shape index (κ2) is 9.17. The van der Waals surface area contributed by atoms with Gasteiger partial charge in [0.15, 0.2) is 6.73 Å². The lowest BCUT2D eigenvalue weighted by molar-refractivity contribution is 0.183. The van der Waals surface area contributed by atoms with E-state index in [1.54, 1.807) is 29.3 Å². The van der Waals surface area contributed by atoms with Crippen LogP contribution in [0.25, 0.3) is 0 Å². The number of anilines is 1. The highest BCUT2D eigenvalue weighted by Crippen LogP contribution is 2.23. The molecule has 2 aliphatic rings. The van der Waals surface area contributed by atoms with E-state index < -0.39 is 0 Å². The third kappa shape index (κ3) is 5.09. The second-order valence-electron chi connectivity index (χ2n) is 6.84. The normalized spacial score (nSPS) is 17.2. The molecule has 0 spiro atoms. The predicted octanol–water partition coefficient (Wildman–Crippen LogP) is 4.35. The SMILES string of the molecule is Clc1ccc(OC2=NN(c3ccc(OCCN4CCCCC4)cc3)CO2)cc1. The molecular formula is C21H24ClN3O3. The minimum Gasteiger partial charge on any atom is -0.492 e. The number of hydrogen-bond donors (Lipinski definition) is 0. The van der Waals surface area contributed by atoms with E-state index in [-0.39, 0.29) is 6.08 Å². The molecule has 2 aliphatic heterocycles. The fourth-order valence-corrected chi connectivity index (χ4v) is 3.37. The van der Waals surface area contributed by atoms with Gasteiger partial charge in [-0.3, -0.25) is 4.90 Å². The monoisotopic (exact) mass is 401 g/mol. The Morgan fingerprint density at radius 1 is 0.929 bits per heavy atom. The van der Waals surface area contributed by atoms with Gasteiger partial charge in [0.2, 0.25) is 0 Å². The van der Waals surface area contributed by atoms with Crippen LogP contribution in [0.3, 0.4) is 0 Å². The molecule has 4 rings (SSSR count). The van der Waals surface area contributed by atoms with E-state index in [0.29, 0.717) is 24.1 Å². The molecule has 0 N–H and O–H groups in total. The fraction of sp³-hybridized carbons (Fsp3) is 0.381. The number of hydrazone groups is 1. The van der Waals surface area contributed by atoms with Gasteiger partial charge in [-0.2, -0.15) is 0 Å². The zero-order valence-electron chi connectivity index (χ0n) is 15.7. The molecule has 2 aromatic rings. The summed E-state index contributed by atoms with van der Waals surface area (Å²) >= 11 is 5.88. The summed E-state index contributed by atoms with van der Waals surface area (Å²) in [6, 6.07) is 14.9. The van der Waals surface area contributed by atoms with Crippen LogP contribution in [0.15, 0.2) is 53.6 Å². The van der Waals surface area contributed by atoms with Gasteiger partial charge >= 0.3 is 6.08 Å². The summed E-state index contributed by atoms with van der Waals surface area (Å²) in [4.78, 5) is 2.47. The molecular weight excluding hydrogens is 378 g/mol.